The number of rotatable bonds is 7. The molecule has 1 aliphatic heterocycles. The molecule has 1 amide bonds. The number of nitrogens with zero attached hydrogens (tertiary/aromatic N) is 1. The SMILES string of the molecule is CNS(=O)(=O)c1ccc2c(c1)CCN2C(=O)CCCOc1ccc(C(C)(C)C)cc1. The Kier molecular flexibility index (Phi) is 6.53. The van der Waals surface area contributed by atoms with Crippen LogP contribution < -0.4 is 14.4 Å². The molecule has 2 aromatic carbocycles. The number of anilines is 1. The number of fused-ring (bicyclic) bond motifs is 1. The summed E-state index contributed by atoms with van der Waals surface area (Å²) in [6, 6.07) is 13.0. The van der Waals surface area contributed by atoms with Crippen LogP contribution in [0.2, 0.25) is 0 Å². The Morgan fingerprint density at radius 1 is 1.13 bits per heavy atom. The van der Waals surface area contributed by atoms with E-state index in [0.29, 0.717) is 32.4 Å². The second kappa shape index (κ2) is 8.78. The third-order valence-electron chi connectivity index (χ3n) is 5.35. The first-order chi connectivity index (χ1) is 14.1. The minimum Gasteiger partial charge on any atom is -0.494 e. The number of sulfonamides is 1. The Balaban J connectivity index is 1.52. The molecule has 0 radical (unpaired) electrons. The maximum absolute atomic E-state index is 12.7. The number of benzene rings is 2. The Morgan fingerprint density at radius 3 is 2.47 bits per heavy atom. The summed E-state index contributed by atoms with van der Waals surface area (Å²) < 4.78 is 32.0. The van der Waals surface area contributed by atoms with Gasteiger partial charge >= 0.3 is 0 Å². The molecule has 2 aromatic rings. The van der Waals surface area contributed by atoms with Gasteiger partial charge in [0.2, 0.25) is 15.9 Å². The quantitative estimate of drug-likeness (QED) is 0.681. The first-order valence-electron chi connectivity index (χ1n) is 10.2. The average molecular weight is 431 g/mol. The summed E-state index contributed by atoms with van der Waals surface area (Å²) in [5, 5.41) is 0. The average Bonchev–Trinajstić information content (AvgIpc) is 3.14. The molecule has 0 unspecified atom stereocenters. The van der Waals surface area contributed by atoms with Crippen molar-refractivity contribution in [2.45, 2.75) is 50.3 Å². The van der Waals surface area contributed by atoms with Crippen molar-refractivity contribution in [1.82, 2.24) is 4.72 Å². The second-order valence-electron chi connectivity index (χ2n) is 8.52. The van der Waals surface area contributed by atoms with Crippen molar-refractivity contribution in [1.29, 1.82) is 0 Å². The van der Waals surface area contributed by atoms with Crippen LogP contribution in [0.25, 0.3) is 0 Å². The topological polar surface area (TPSA) is 75.7 Å². The standard InChI is InChI=1S/C23H30N2O4S/c1-23(2,3)18-7-9-19(10-8-18)29-15-5-6-22(26)25-14-13-17-16-20(11-12-21(17)25)30(27,28)24-4/h7-12,16,24H,5-6,13-15H2,1-4H3. The smallest absolute Gasteiger partial charge is 0.240 e. The number of nitrogens with one attached hydrogen (secondary N) is 1. The van der Waals surface area contributed by atoms with Crippen LogP contribution in [0.1, 0.15) is 44.7 Å². The van der Waals surface area contributed by atoms with Gasteiger partial charge in [-0.25, -0.2) is 13.1 Å². The van der Waals surface area contributed by atoms with E-state index in [2.05, 4.69) is 37.6 Å². The van der Waals surface area contributed by atoms with Gasteiger partial charge in [-0.1, -0.05) is 32.9 Å². The minimum atomic E-state index is -3.48. The number of hydrogen-bond donors (Lipinski definition) is 1. The van der Waals surface area contributed by atoms with Crippen molar-refractivity contribution in [2.75, 3.05) is 25.1 Å². The van der Waals surface area contributed by atoms with Crippen molar-refractivity contribution < 1.29 is 17.9 Å². The molecule has 0 fully saturated rings. The number of carbonyl (C=O) groups excluding carboxylic acids is 1. The largest absolute Gasteiger partial charge is 0.494 e. The number of carbonyl (C=O) groups is 1. The molecule has 0 aromatic heterocycles. The van der Waals surface area contributed by atoms with Crippen LogP contribution in [-0.4, -0.2) is 34.5 Å². The van der Waals surface area contributed by atoms with E-state index in [1.807, 2.05) is 12.1 Å². The van der Waals surface area contributed by atoms with E-state index < -0.39 is 10.0 Å². The van der Waals surface area contributed by atoms with Gasteiger partial charge in [0, 0.05) is 18.7 Å². The zero-order chi connectivity index (χ0) is 21.9. The Hall–Kier alpha value is -2.38. The van der Waals surface area contributed by atoms with E-state index in [1.54, 1.807) is 23.1 Å². The summed E-state index contributed by atoms with van der Waals surface area (Å²) in [6.07, 6.45) is 1.67. The Labute approximate surface area is 179 Å². The molecular formula is C23H30N2O4S. The lowest BCUT2D eigenvalue weighted by Crippen LogP contribution is -2.29. The van der Waals surface area contributed by atoms with Crippen LogP contribution in [0.3, 0.4) is 0 Å². The van der Waals surface area contributed by atoms with Gasteiger partial charge in [-0.05, 0) is 66.8 Å². The lowest BCUT2D eigenvalue weighted by Gasteiger charge is -2.19. The maximum Gasteiger partial charge on any atom is 0.240 e. The number of amides is 1. The predicted octanol–water partition coefficient (Wildman–Crippen LogP) is 3.64. The highest BCUT2D eigenvalue weighted by Gasteiger charge is 2.26. The van der Waals surface area contributed by atoms with Crippen LogP contribution in [0.5, 0.6) is 5.75 Å². The van der Waals surface area contributed by atoms with Crippen molar-refractivity contribution >= 4 is 21.6 Å². The van der Waals surface area contributed by atoms with Crippen LogP contribution in [0.4, 0.5) is 5.69 Å². The minimum absolute atomic E-state index is 0.0321. The molecule has 0 atom stereocenters. The molecule has 3 rings (SSSR count). The fourth-order valence-corrected chi connectivity index (χ4v) is 4.30. The molecule has 0 saturated carbocycles. The first-order valence-corrected chi connectivity index (χ1v) is 11.7. The number of hydrogen-bond acceptors (Lipinski definition) is 4. The molecular weight excluding hydrogens is 400 g/mol. The molecule has 0 aliphatic carbocycles. The Bertz CT molecular complexity index is 1010. The van der Waals surface area contributed by atoms with Gasteiger partial charge in [-0.15, -0.1) is 0 Å². The molecule has 0 saturated heterocycles. The zero-order valence-corrected chi connectivity index (χ0v) is 18.9. The third-order valence-corrected chi connectivity index (χ3v) is 6.76. The molecule has 1 heterocycles. The predicted molar refractivity (Wildman–Crippen MR) is 119 cm³/mol. The van der Waals surface area contributed by atoms with E-state index in [4.69, 9.17) is 4.74 Å². The molecule has 0 bridgehead atoms. The summed E-state index contributed by atoms with van der Waals surface area (Å²) in [4.78, 5) is 14.6. The fourth-order valence-electron chi connectivity index (χ4n) is 3.52. The lowest BCUT2D eigenvalue weighted by atomic mass is 9.87. The highest BCUT2D eigenvalue weighted by atomic mass is 32.2. The van der Waals surface area contributed by atoms with Gasteiger partial charge in [0.25, 0.3) is 0 Å². The van der Waals surface area contributed by atoms with Crippen molar-refractivity contribution in [2.24, 2.45) is 0 Å². The van der Waals surface area contributed by atoms with Gasteiger partial charge in [-0.3, -0.25) is 4.79 Å². The number of ether oxygens (including phenoxy) is 1. The molecule has 7 heteroatoms. The van der Waals surface area contributed by atoms with Gasteiger partial charge in [0.1, 0.15) is 5.75 Å². The van der Waals surface area contributed by atoms with Crippen molar-refractivity contribution in [3.63, 3.8) is 0 Å². The van der Waals surface area contributed by atoms with Crippen LogP contribution in [0, 0.1) is 0 Å². The highest BCUT2D eigenvalue weighted by Crippen LogP contribution is 2.31. The first kappa shape index (κ1) is 22.3. The van der Waals surface area contributed by atoms with Crippen LogP contribution in [0.15, 0.2) is 47.4 Å². The molecule has 1 aliphatic rings. The highest BCUT2D eigenvalue weighted by molar-refractivity contribution is 7.89. The van der Waals surface area contributed by atoms with E-state index >= 15 is 0 Å². The van der Waals surface area contributed by atoms with Crippen LogP contribution in [-0.2, 0) is 26.7 Å². The van der Waals surface area contributed by atoms with Gasteiger partial charge < -0.3 is 9.64 Å². The maximum atomic E-state index is 12.7. The van der Waals surface area contributed by atoms with Crippen molar-refractivity contribution in [3.8, 4) is 5.75 Å². The van der Waals surface area contributed by atoms with E-state index in [9.17, 15) is 13.2 Å². The van der Waals surface area contributed by atoms with Gasteiger partial charge in [0.15, 0.2) is 0 Å². The normalized spacial score (nSPS) is 13.9. The second-order valence-corrected chi connectivity index (χ2v) is 10.4. The summed E-state index contributed by atoms with van der Waals surface area (Å²) in [5.41, 5.74) is 3.04. The molecule has 1 N–H and O–H groups in total. The Morgan fingerprint density at radius 2 is 1.83 bits per heavy atom. The lowest BCUT2D eigenvalue weighted by molar-refractivity contribution is -0.118. The van der Waals surface area contributed by atoms with E-state index in [1.165, 1.54) is 12.6 Å². The molecule has 30 heavy (non-hydrogen) atoms. The summed E-state index contributed by atoms with van der Waals surface area (Å²) in [6.45, 7) is 7.56. The monoisotopic (exact) mass is 430 g/mol. The molecule has 0 spiro atoms. The summed E-state index contributed by atoms with van der Waals surface area (Å²) in [7, 11) is -2.09. The van der Waals surface area contributed by atoms with Crippen molar-refractivity contribution in [3.05, 3.63) is 53.6 Å². The summed E-state index contributed by atoms with van der Waals surface area (Å²) >= 11 is 0. The van der Waals surface area contributed by atoms with Gasteiger partial charge in [-0.2, -0.15) is 0 Å². The van der Waals surface area contributed by atoms with E-state index in [0.717, 1.165) is 17.0 Å². The van der Waals surface area contributed by atoms with E-state index in [-0.39, 0.29) is 16.2 Å². The van der Waals surface area contributed by atoms with Crippen LogP contribution >= 0.6 is 0 Å². The summed E-state index contributed by atoms with van der Waals surface area (Å²) in [5.74, 6) is 0.838. The fraction of sp³-hybridized carbons (Fsp3) is 0.435. The third kappa shape index (κ3) is 5.02. The van der Waals surface area contributed by atoms with Gasteiger partial charge in [0.05, 0.1) is 11.5 Å². The molecule has 162 valence electrons. The zero-order valence-electron chi connectivity index (χ0n) is 18.1. The molecule has 6 nitrogen and oxygen atoms in total.